The fourth-order valence-corrected chi connectivity index (χ4v) is 5.78. The first-order chi connectivity index (χ1) is 18.0. The van der Waals surface area contributed by atoms with Gasteiger partial charge in [0.2, 0.25) is 11.2 Å². The van der Waals surface area contributed by atoms with Gasteiger partial charge in [-0.2, -0.15) is 13.2 Å². The molecular formula is C26H21F4N3O4S. The summed E-state index contributed by atoms with van der Waals surface area (Å²) in [6.45, 7) is 1.31. The van der Waals surface area contributed by atoms with Crippen LogP contribution in [0.25, 0.3) is 0 Å². The van der Waals surface area contributed by atoms with Crippen molar-refractivity contribution in [1.82, 2.24) is 9.58 Å². The summed E-state index contributed by atoms with van der Waals surface area (Å²) in [5, 5.41) is 1.45. The van der Waals surface area contributed by atoms with Crippen LogP contribution in [0.1, 0.15) is 47.1 Å². The highest BCUT2D eigenvalue weighted by atomic mass is 32.2. The van der Waals surface area contributed by atoms with Crippen LogP contribution >= 0.6 is 11.8 Å². The number of rotatable bonds is 3. The van der Waals surface area contributed by atoms with Crippen LogP contribution in [0.5, 0.6) is 5.75 Å². The predicted molar refractivity (Wildman–Crippen MR) is 131 cm³/mol. The zero-order valence-corrected chi connectivity index (χ0v) is 21.0. The molecule has 12 heteroatoms. The van der Waals surface area contributed by atoms with E-state index in [1.165, 1.54) is 39.8 Å². The Morgan fingerprint density at radius 1 is 1.11 bits per heavy atom. The Balaban J connectivity index is 1.81. The number of nitrogens with zero attached hydrogens (tertiary/aromatic N) is 3. The minimum absolute atomic E-state index is 0.479. The molecule has 1 amide bonds. The number of aromatic nitrogens is 1. The maximum atomic E-state index is 14.6. The Bertz CT molecular complexity index is 1510. The fraction of sp³-hybridized carbons (Fsp3) is 0.269. The van der Waals surface area contributed by atoms with E-state index in [-0.39, 0.29) is 0 Å². The standard InChI is InChI=1S/C26H21F4N3O4S/c1-14(26(28,29)30)31-13-33(32-10-9-20(35)24(37-15(2)34)23(32)25(31)36)22-18-6-4-3-5-16(18)12-38-21-8-7-17(27)11-19(21)22/h3-11,14,22H,12-13H2,1-2H3/t14-,22+/m0/s1. The largest absolute Gasteiger partial charge is 0.420 e. The molecule has 3 aromatic rings. The van der Waals surface area contributed by atoms with Crippen LogP contribution in [0.2, 0.25) is 0 Å². The lowest BCUT2D eigenvalue weighted by Gasteiger charge is -2.46. The number of benzene rings is 2. The van der Waals surface area contributed by atoms with Crippen molar-refractivity contribution in [3.63, 3.8) is 0 Å². The van der Waals surface area contributed by atoms with Gasteiger partial charge in [-0.25, -0.2) is 4.39 Å². The third-order valence-corrected chi connectivity index (χ3v) is 7.70. The number of esters is 1. The zero-order valence-electron chi connectivity index (χ0n) is 20.2. The number of fused-ring (bicyclic) bond motifs is 3. The number of amides is 1. The van der Waals surface area contributed by atoms with Gasteiger partial charge in [0, 0.05) is 29.8 Å². The number of alkyl halides is 3. The Morgan fingerprint density at radius 2 is 1.84 bits per heavy atom. The molecule has 2 aromatic carbocycles. The Morgan fingerprint density at radius 3 is 2.55 bits per heavy atom. The van der Waals surface area contributed by atoms with E-state index in [4.69, 9.17) is 4.74 Å². The Hall–Kier alpha value is -3.80. The average molecular weight is 548 g/mol. The molecule has 5 rings (SSSR count). The smallest absolute Gasteiger partial charge is 0.408 e. The van der Waals surface area contributed by atoms with Gasteiger partial charge in [-0.1, -0.05) is 24.3 Å². The second-order valence-electron chi connectivity index (χ2n) is 8.94. The van der Waals surface area contributed by atoms with E-state index < -0.39 is 59.5 Å². The minimum Gasteiger partial charge on any atom is -0.420 e. The van der Waals surface area contributed by atoms with Gasteiger partial charge in [0.05, 0.1) is 6.04 Å². The minimum atomic E-state index is -4.79. The van der Waals surface area contributed by atoms with Gasteiger partial charge in [0.25, 0.3) is 5.91 Å². The second-order valence-corrected chi connectivity index (χ2v) is 9.96. The number of thioether (sulfide) groups is 1. The Kier molecular flexibility index (Phi) is 6.46. The number of ether oxygens (including phenoxy) is 1. The molecule has 0 saturated carbocycles. The van der Waals surface area contributed by atoms with E-state index in [1.54, 1.807) is 18.2 Å². The SMILES string of the molecule is CC(=O)Oc1c2n(ccc1=O)N([C@@H]1c3ccccc3CSc3ccc(F)cc31)CN([C@@H](C)C(F)(F)F)C2=O. The van der Waals surface area contributed by atoms with Crippen LogP contribution in [0.15, 0.2) is 64.4 Å². The van der Waals surface area contributed by atoms with Crippen molar-refractivity contribution >= 4 is 23.6 Å². The van der Waals surface area contributed by atoms with E-state index in [0.29, 0.717) is 26.7 Å². The molecule has 2 aliphatic rings. The summed E-state index contributed by atoms with van der Waals surface area (Å²) in [6, 6.07) is 9.46. The molecule has 0 bridgehead atoms. The van der Waals surface area contributed by atoms with Crippen LogP contribution in [0, 0.1) is 5.82 Å². The van der Waals surface area contributed by atoms with Crippen LogP contribution in [-0.2, 0) is 10.5 Å². The fourth-order valence-electron chi connectivity index (χ4n) is 4.71. The highest BCUT2D eigenvalue weighted by Gasteiger charge is 2.48. The summed E-state index contributed by atoms with van der Waals surface area (Å²) in [5.41, 5.74) is 0.672. The van der Waals surface area contributed by atoms with Crippen molar-refractivity contribution in [3.8, 4) is 5.75 Å². The van der Waals surface area contributed by atoms with E-state index in [2.05, 4.69) is 0 Å². The number of halogens is 4. The quantitative estimate of drug-likeness (QED) is 0.353. The molecule has 38 heavy (non-hydrogen) atoms. The van der Waals surface area contributed by atoms with Gasteiger partial charge < -0.3 is 9.64 Å². The van der Waals surface area contributed by atoms with Gasteiger partial charge in [-0.3, -0.25) is 24.1 Å². The van der Waals surface area contributed by atoms with Crippen molar-refractivity contribution < 1.29 is 31.9 Å². The van der Waals surface area contributed by atoms with Gasteiger partial charge in [0.15, 0.2) is 5.69 Å². The van der Waals surface area contributed by atoms with E-state index in [9.17, 15) is 31.9 Å². The van der Waals surface area contributed by atoms with Gasteiger partial charge >= 0.3 is 12.1 Å². The van der Waals surface area contributed by atoms with Crippen molar-refractivity contribution in [2.24, 2.45) is 0 Å². The summed E-state index contributed by atoms with van der Waals surface area (Å²) in [7, 11) is 0. The van der Waals surface area contributed by atoms with Crippen LogP contribution in [-0.4, -0.2) is 40.3 Å². The van der Waals surface area contributed by atoms with Gasteiger partial charge in [-0.05, 0) is 41.8 Å². The summed E-state index contributed by atoms with van der Waals surface area (Å²) in [4.78, 5) is 39.2. The summed E-state index contributed by atoms with van der Waals surface area (Å²) < 4.78 is 62.6. The third-order valence-electron chi connectivity index (χ3n) is 6.56. The first-order valence-corrected chi connectivity index (χ1v) is 12.5. The normalized spacial score (nSPS) is 17.7. The number of hydrogen-bond acceptors (Lipinski definition) is 6. The molecule has 198 valence electrons. The number of hydrogen-bond donors (Lipinski definition) is 0. The topological polar surface area (TPSA) is 71.8 Å². The molecule has 2 atom stereocenters. The van der Waals surface area contributed by atoms with Crippen LogP contribution in [0.4, 0.5) is 17.6 Å². The van der Waals surface area contributed by atoms with Gasteiger partial charge in [-0.15, -0.1) is 11.8 Å². The number of pyridine rings is 1. The molecule has 0 N–H and O–H groups in total. The molecule has 0 aliphatic carbocycles. The maximum absolute atomic E-state index is 14.6. The monoisotopic (exact) mass is 547 g/mol. The molecule has 2 aliphatic heterocycles. The van der Waals surface area contributed by atoms with E-state index in [1.807, 2.05) is 12.1 Å². The molecule has 3 heterocycles. The van der Waals surface area contributed by atoms with E-state index >= 15 is 0 Å². The molecule has 0 spiro atoms. The predicted octanol–water partition coefficient (Wildman–Crippen LogP) is 4.61. The van der Waals surface area contributed by atoms with E-state index in [0.717, 1.165) is 25.5 Å². The first-order valence-electron chi connectivity index (χ1n) is 11.6. The lowest BCUT2D eigenvalue weighted by Crippen LogP contribution is -2.60. The molecular weight excluding hydrogens is 526 g/mol. The highest BCUT2D eigenvalue weighted by molar-refractivity contribution is 7.98. The van der Waals surface area contributed by atoms with Gasteiger partial charge in [0.1, 0.15) is 18.5 Å². The summed E-state index contributed by atoms with van der Waals surface area (Å²) >= 11 is 1.45. The Labute approximate surface area is 218 Å². The first kappa shape index (κ1) is 25.8. The molecule has 0 unspecified atom stereocenters. The number of carbonyl (C=O) groups is 2. The highest BCUT2D eigenvalue weighted by Crippen LogP contribution is 2.43. The molecule has 0 fully saturated rings. The molecule has 0 radical (unpaired) electrons. The lowest BCUT2D eigenvalue weighted by atomic mass is 9.94. The van der Waals surface area contributed by atoms with Crippen molar-refractivity contribution in [3.05, 3.63) is 93.2 Å². The van der Waals surface area contributed by atoms with Crippen molar-refractivity contribution in [1.29, 1.82) is 0 Å². The zero-order chi connectivity index (χ0) is 27.4. The van der Waals surface area contributed by atoms with Crippen LogP contribution in [0.3, 0.4) is 0 Å². The summed E-state index contributed by atoms with van der Waals surface area (Å²) in [5.74, 6) is -2.74. The molecule has 7 nitrogen and oxygen atoms in total. The van der Waals surface area contributed by atoms with Crippen molar-refractivity contribution in [2.45, 2.75) is 42.8 Å². The van der Waals surface area contributed by atoms with Crippen LogP contribution < -0.4 is 15.2 Å². The molecule has 0 saturated heterocycles. The number of carbonyl (C=O) groups excluding carboxylic acids is 2. The lowest BCUT2D eigenvalue weighted by molar-refractivity contribution is -0.173. The maximum Gasteiger partial charge on any atom is 0.408 e. The average Bonchev–Trinajstić information content (AvgIpc) is 3.01. The molecule has 1 aromatic heterocycles. The summed E-state index contributed by atoms with van der Waals surface area (Å²) in [6.07, 6.45) is -3.54. The second kappa shape index (κ2) is 9.50. The van der Waals surface area contributed by atoms with Crippen molar-refractivity contribution in [2.75, 3.05) is 11.7 Å². The third kappa shape index (κ3) is 4.42.